The number of nitrogens with one attached hydrogen (secondary N) is 1. The lowest BCUT2D eigenvalue weighted by molar-refractivity contribution is -0.137. The van der Waals surface area contributed by atoms with Crippen molar-refractivity contribution in [3.63, 3.8) is 0 Å². The quantitative estimate of drug-likeness (QED) is 0.836. The third-order valence-corrected chi connectivity index (χ3v) is 2.71. The average molecular weight is 291 g/mol. The predicted octanol–water partition coefficient (Wildman–Crippen LogP) is 4.36. The van der Waals surface area contributed by atoms with E-state index in [0.29, 0.717) is 11.3 Å². The van der Waals surface area contributed by atoms with Crippen LogP contribution in [0.3, 0.4) is 0 Å². The molecule has 0 saturated heterocycles. The van der Waals surface area contributed by atoms with E-state index in [2.05, 4.69) is 5.32 Å². The van der Waals surface area contributed by atoms with Crippen LogP contribution in [0.15, 0.2) is 60.7 Å². The Morgan fingerprint density at radius 3 is 2.14 bits per heavy atom. The summed E-state index contributed by atoms with van der Waals surface area (Å²) in [6, 6.07) is 13.5. The molecule has 0 radical (unpaired) electrons. The molecular weight excluding hydrogens is 279 g/mol. The molecule has 2 rings (SSSR count). The third-order valence-electron chi connectivity index (χ3n) is 2.71. The molecule has 0 aromatic heterocycles. The molecule has 2 nitrogen and oxygen atoms in total. The summed E-state index contributed by atoms with van der Waals surface area (Å²) >= 11 is 0. The maximum absolute atomic E-state index is 12.4. The number of carbonyl (C=O) groups is 1. The number of amides is 1. The van der Waals surface area contributed by atoms with Crippen molar-refractivity contribution in [1.29, 1.82) is 0 Å². The van der Waals surface area contributed by atoms with Gasteiger partial charge in [-0.15, -0.1) is 0 Å². The van der Waals surface area contributed by atoms with Gasteiger partial charge in [-0.1, -0.05) is 30.3 Å². The van der Waals surface area contributed by atoms with Crippen LogP contribution in [0.2, 0.25) is 0 Å². The van der Waals surface area contributed by atoms with Crippen molar-refractivity contribution in [3.8, 4) is 0 Å². The number of alkyl halides is 3. The van der Waals surface area contributed by atoms with Crippen molar-refractivity contribution in [2.75, 3.05) is 5.32 Å². The number of hydrogen-bond donors (Lipinski definition) is 1. The van der Waals surface area contributed by atoms with Gasteiger partial charge in [-0.3, -0.25) is 4.79 Å². The van der Waals surface area contributed by atoms with Gasteiger partial charge in [0.15, 0.2) is 0 Å². The number of hydrogen-bond acceptors (Lipinski definition) is 1. The third kappa shape index (κ3) is 4.49. The molecule has 0 fully saturated rings. The summed E-state index contributed by atoms with van der Waals surface area (Å²) in [5.74, 6) is -0.346. The largest absolute Gasteiger partial charge is 0.416 e. The molecule has 0 saturated carbocycles. The van der Waals surface area contributed by atoms with Crippen molar-refractivity contribution in [2.24, 2.45) is 0 Å². The van der Waals surface area contributed by atoms with E-state index in [1.54, 1.807) is 24.3 Å². The highest BCUT2D eigenvalue weighted by molar-refractivity contribution is 6.01. The Hall–Kier alpha value is -2.56. The van der Waals surface area contributed by atoms with Gasteiger partial charge in [0, 0.05) is 11.8 Å². The fraction of sp³-hybridized carbons (Fsp3) is 0.0625. The molecule has 0 atom stereocenters. The second-order valence-electron chi connectivity index (χ2n) is 4.31. The normalized spacial score (nSPS) is 11.6. The van der Waals surface area contributed by atoms with Crippen LogP contribution < -0.4 is 5.32 Å². The Kier molecular flexibility index (Phi) is 4.42. The molecule has 0 bridgehead atoms. The fourth-order valence-electron chi connectivity index (χ4n) is 1.66. The predicted molar refractivity (Wildman–Crippen MR) is 75.5 cm³/mol. The number of benzene rings is 2. The number of para-hydroxylation sites is 1. The smallest absolute Gasteiger partial charge is 0.323 e. The Morgan fingerprint density at radius 2 is 1.57 bits per heavy atom. The summed E-state index contributed by atoms with van der Waals surface area (Å²) in [4.78, 5) is 11.6. The van der Waals surface area contributed by atoms with Gasteiger partial charge in [-0.25, -0.2) is 0 Å². The standard InChI is InChI=1S/C16H12F3NO/c17-16(18,19)13-9-6-12(7-10-13)8-11-15(21)20-14-4-2-1-3-5-14/h1-11H,(H,20,21)/b11-8+. The molecule has 2 aromatic carbocycles. The molecule has 0 aliphatic carbocycles. The average Bonchev–Trinajstić information content (AvgIpc) is 2.46. The van der Waals surface area contributed by atoms with Gasteiger partial charge in [-0.2, -0.15) is 13.2 Å². The molecule has 5 heteroatoms. The molecule has 0 aliphatic heterocycles. The maximum atomic E-state index is 12.4. The van der Waals surface area contributed by atoms with Gasteiger partial charge in [0.2, 0.25) is 5.91 Å². The van der Waals surface area contributed by atoms with Gasteiger partial charge >= 0.3 is 6.18 Å². The molecule has 21 heavy (non-hydrogen) atoms. The second kappa shape index (κ2) is 6.26. The summed E-state index contributed by atoms with van der Waals surface area (Å²) in [6.45, 7) is 0. The van der Waals surface area contributed by atoms with E-state index in [1.165, 1.54) is 24.3 Å². The van der Waals surface area contributed by atoms with Crippen molar-refractivity contribution in [2.45, 2.75) is 6.18 Å². The first-order chi connectivity index (χ1) is 9.95. The van der Waals surface area contributed by atoms with Crippen LogP contribution in [-0.4, -0.2) is 5.91 Å². The lowest BCUT2D eigenvalue weighted by Crippen LogP contribution is -2.07. The first-order valence-corrected chi connectivity index (χ1v) is 6.16. The van der Waals surface area contributed by atoms with E-state index >= 15 is 0 Å². The van der Waals surface area contributed by atoms with E-state index in [9.17, 15) is 18.0 Å². The van der Waals surface area contributed by atoms with E-state index in [-0.39, 0.29) is 5.91 Å². The topological polar surface area (TPSA) is 29.1 Å². The molecule has 0 heterocycles. The lowest BCUT2D eigenvalue weighted by atomic mass is 10.1. The minimum absolute atomic E-state index is 0.346. The molecule has 1 amide bonds. The second-order valence-corrected chi connectivity index (χ2v) is 4.31. The molecule has 0 aliphatic rings. The molecule has 108 valence electrons. The van der Waals surface area contributed by atoms with Gasteiger partial charge in [0.05, 0.1) is 5.56 Å². The van der Waals surface area contributed by atoms with Crippen molar-refractivity contribution < 1.29 is 18.0 Å². The number of rotatable bonds is 3. The Morgan fingerprint density at radius 1 is 0.952 bits per heavy atom. The van der Waals surface area contributed by atoms with Gasteiger partial charge in [-0.05, 0) is 35.9 Å². The van der Waals surface area contributed by atoms with Crippen molar-refractivity contribution in [3.05, 3.63) is 71.8 Å². The van der Waals surface area contributed by atoms with Crippen LogP contribution >= 0.6 is 0 Å². The lowest BCUT2D eigenvalue weighted by Gasteiger charge is -2.06. The molecule has 2 aromatic rings. The van der Waals surface area contributed by atoms with E-state index in [4.69, 9.17) is 0 Å². The highest BCUT2D eigenvalue weighted by atomic mass is 19.4. The van der Waals surface area contributed by atoms with E-state index in [0.717, 1.165) is 12.1 Å². The number of carbonyl (C=O) groups excluding carboxylic acids is 1. The summed E-state index contributed by atoms with van der Waals surface area (Å²) in [6.07, 6.45) is -1.62. The first kappa shape index (κ1) is 14.8. The summed E-state index contributed by atoms with van der Waals surface area (Å²) in [7, 11) is 0. The minimum Gasteiger partial charge on any atom is -0.323 e. The van der Waals surface area contributed by atoms with Crippen LogP contribution in [0.25, 0.3) is 6.08 Å². The van der Waals surface area contributed by atoms with Crippen molar-refractivity contribution >= 4 is 17.7 Å². The van der Waals surface area contributed by atoms with Gasteiger partial charge in [0.1, 0.15) is 0 Å². The fourth-order valence-corrected chi connectivity index (χ4v) is 1.66. The number of halogens is 3. The zero-order chi connectivity index (χ0) is 15.3. The van der Waals surface area contributed by atoms with E-state index in [1.807, 2.05) is 6.07 Å². The maximum Gasteiger partial charge on any atom is 0.416 e. The van der Waals surface area contributed by atoms with Crippen LogP contribution in [-0.2, 0) is 11.0 Å². The zero-order valence-electron chi connectivity index (χ0n) is 10.9. The monoisotopic (exact) mass is 291 g/mol. The van der Waals surface area contributed by atoms with Crippen LogP contribution in [0.5, 0.6) is 0 Å². The summed E-state index contributed by atoms with van der Waals surface area (Å²) < 4.78 is 37.2. The molecule has 0 spiro atoms. The van der Waals surface area contributed by atoms with Crippen molar-refractivity contribution in [1.82, 2.24) is 0 Å². The molecular formula is C16H12F3NO. The minimum atomic E-state index is -4.35. The number of anilines is 1. The van der Waals surface area contributed by atoms with Gasteiger partial charge in [0.25, 0.3) is 0 Å². The van der Waals surface area contributed by atoms with E-state index < -0.39 is 11.7 Å². The van der Waals surface area contributed by atoms with Gasteiger partial charge < -0.3 is 5.32 Å². The summed E-state index contributed by atoms with van der Waals surface area (Å²) in [5, 5.41) is 2.64. The molecule has 0 unspecified atom stereocenters. The zero-order valence-corrected chi connectivity index (χ0v) is 10.9. The van der Waals surface area contributed by atoms with Crippen LogP contribution in [0, 0.1) is 0 Å². The Balaban J connectivity index is 1.99. The van der Waals surface area contributed by atoms with Crippen LogP contribution in [0.4, 0.5) is 18.9 Å². The SMILES string of the molecule is O=C(/C=C/c1ccc(C(F)(F)F)cc1)Nc1ccccc1. The highest BCUT2D eigenvalue weighted by Crippen LogP contribution is 2.29. The Labute approximate surface area is 119 Å². The highest BCUT2D eigenvalue weighted by Gasteiger charge is 2.29. The van der Waals surface area contributed by atoms with Crippen LogP contribution in [0.1, 0.15) is 11.1 Å². The summed E-state index contributed by atoms with van der Waals surface area (Å²) in [5.41, 5.74) is 0.458. The molecule has 1 N–H and O–H groups in total. The Bertz CT molecular complexity index is 631. The first-order valence-electron chi connectivity index (χ1n) is 6.16.